The van der Waals surface area contributed by atoms with Crippen LogP contribution in [-0.4, -0.2) is 29.7 Å². The van der Waals surface area contributed by atoms with E-state index in [1.54, 1.807) is 12.1 Å². The number of hydrogen-bond acceptors (Lipinski definition) is 4. The van der Waals surface area contributed by atoms with Crippen LogP contribution in [0.2, 0.25) is 0 Å². The maximum absolute atomic E-state index is 12.8. The van der Waals surface area contributed by atoms with Gasteiger partial charge in [0.15, 0.2) is 5.78 Å². The lowest BCUT2D eigenvalue weighted by Gasteiger charge is -2.24. The van der Waals surface area contributed by atoms with Crippen LogP contribution in [-0.2, 0) is 0 Å². The number of likely N-dealkylation sites (tertiary alicyclic amines) is 1. The van der Waals surface area contributed by atoms with Crippen molar-refractivity contribution in [3.8, 4) is 5.75 Å². The molecule has 5 heteroatoms. The minimum absolute atomic E-state index is 0.00327. The van der Waals surface area contributed by atoms with E-state index in [1.165, 1.54) is 18.3 Å². The van der Waals surface area contributed by atoms with Gasteiger partial charge in [0, 0.05) is 6.54 Å². The van der Waals surface area contributed by atoms with Crippen LogP contribution >= 0.6 is 11.3 Å². The van der Waals surface area contributed by atoms with E-state index in [4.69, 9.17) is 4.74 Å². The largest absolute Gasteiger partial charge is 0.494 e. The van der Waals surface area contributed by atoms with Gasteiger partial charge in [0.25, 0.3) is 5.91 Å². The van der Waals surface area contributed by atoms with Crippen molar-refractivity contribution < 1.29 is 14.3 Å². The number of ketones is 1. The molecular formula is C19H21NO3S. The fourth-order valence-corrected chi connectivity index (χ4v) is 3.95. The average molecular weight is 343 g/mol. The van der Waals surface area contributed by atoms with E-state index >= 15 is 0 Å². The molecule has 0 radical (unpaired) electrons. The number of amides is 1. The Morgan fingerprint density at radius 2 is 1.88 bits per heavy atom. The molecule has 1 atom stereocenters. The smallest absolute Gasteiger partial charge is 0.264 e. The standard InChI is InChI=1S/C19H21NO3S/c1-3-23-15-8-6-14(7-9-15)16-5-4-12-20(16)19(22)18-11-10-17(24-18)13(2)21/h6-11,16H,3-5,12H2,1-2H3/t16-/m0/s1. The topological polar surface area (TPSA) is 46.6 Å². The normalized spacial score (nSPS) is 17.1. The Labute approximate surface area is 146 Å². The molecule has 2 heterocycles. The predicted octanol–water partition coefficient (Wildman–Crippen LogP) is 4.33. The molecule has 3 rings (SSSR count). The Kier molecular flexibility index (Phi) is 5.00. The number of hydrogen-bond donors (Lipinski definition) is 0. The lowest BCUT2D eigenvalue weighted by molar-refractivity contribution is 0.0740. The van der Waals surface area contributed by atoms with Crippen molar-refractivity contribution in [1.29, 1.82) is 0 Å². The molecule has 2 aromatic rings. The Hall–Kier alpha value is -2.14. The molecule has 0 saturated carbocycles. The van der Waals surface area contributed by atoms with Gasteiger partial charge in [-0.2, -0.15) is 0 Å². The molecule has 1 aromatic heterocycles. The van der Waals surface area contributed by atoms with Gasteiger partial charge in [0.2, 0.25) is 0 Å². The highest BCUT2D eigenvalue weighted by atomic mass is 32.1. The summed E-state index contributed by atoms with van der Waals surface area (Å²) >= 11 is 1.28. The third-order valence-corrected chi connectivity index (χ3v) is 5.43. The minimum atomic E-state index is 0.00327. The molecule has 0 aliphatic carbocycles. The summed E-state index contributed by atoms with van der Waals surface area (Å²) < 4.78 is 5.48. The Morgan fingerprint density at radius 3 is 2.50 bits per heavy atom. The van der Waals surface area contributed by atoms with Crippen molar-refractivity contribution in [1.82, 2.24) is 4.90 Å². The fourth-order valence-electron chi connectivity index (χ4n) is 3.09. The quantitative estimate of drug-likeness (QED) is 0.759. The highest BCUT2D eigenvalue weighted by Crippen LogP contribution is 2.34. The van der Waals surface area contributed by atoms with E-state index in [0.29, 0.717) is 16.4 Å². The molecule has 0 bridgehead atoms. The lowest BCUT2D eigenvalue weighted by atomic mass is 10.0. The summed E-state index contributed by atoms with van der Waals surface area (Å²) in [5, 5.41) is 0. The SMILES string of the molecule is CCOc1ccc([C@@H]2CCCN2C(=O)c2ccc(C(C)=O)s2)cc1. The number of ether oxygens (including phenoxy) is 1. The number of benzene rings is 1. The van der Waals surface area contributed by atoms with Crippen molar-refractivity contribution in [2.45, 2.75) is 32.7 Å². The van der Waals surface area contributed by atoms with Crippen LogP contribution in [0.1, 0.15) is 57.6 Å². The van der Waals surface area contributed by atoms with Gasteiger partial charge in [-0.25, -0.2) is 0 Å². The van der Waals surface area contributed by atoms with Crippen LogP contribution in [0.3, 0.4) is 0 Å². The third-order valence-electron chi connectivity index (χ3n) is 4.25. The molecule has 0 spiro atoms. The van der Waals surface area contributed by atoms with Gasteiger partial charge >= 0.3 is 0 Å². The van der Waals surface area contributed by atoms with E-state index in [-0.39, 0.29) is 17.7 Å². The van der Waals surface area contributed by atoms with Crippen molar-refractivity contribution >= 4 is 23.0 Å². The molecule has 0 N–H and O–H groups in total. The number of thiophene rings is 1. The molecule has 4 nitrogen and oxygen atoms in total. The molecule has 1 fully saturated rings. The van der Waals surface area contributed by atoms with E-state index in [1.807, 2.05) is 36.1 Å². The van der Waals surface area contributed by atoms with E-state index in [9.17, 15) is 9.59 Å². The van der Waals surface area contributed by atoms with E-state index < -0.39 is 0 Å². The zero-order valence-corrected chi connectivity index (χ0v) is 14.8. The maximum atomic E-state index is 12.8. The zero-order valence-electron chi connectivity index (χ0n) is 14.0. The first-order valence-corrected chi connectivity index (χ1v) is 9.06. The highest BCUT2D eigenvalue weighted by Gasteiger charge is 2.31. The molecule has 1 aromatic carbocycles. The van der Waals surface area contributed by atoms with Crippen molar-refractivity contribution in [3.63, 3.8) is 0 Å². The van der Waals surface area contributed by atoms with E-state index in [2.05, 4.69) is 0 Å². The summed E-state index contributed by atoms with van der Waals surface area (Å²) in [4.78, 5) is 27.5. The molecule has 0 unspecified atom stereocenters. The second-order valence-electron chi connectivity index (χ2n) is 5.88. The van der Waals surface area contributed by atoms with Gasteiger partial charge in [-0.1, -0.05) is 12.1 Å². The summed E-state index contributed by atoms with van der Waals surface area (Å²) in [7, 11) is 0. The summed E-state index contributed by atoms with van der Waals surface area (Å²) in [6.45, 7) is 4.88. The first kappa shape index (κ1) is 16.7. The fraction of sp³-hybridized carbons (Fsp3) is 0.368. The molecule has 1 saturated heterocycles. The van der Waals surface area contributed by atoms with Crippen LogP contribution < -0.4 is 4.74 Å². The van der Waals surface area contributed by atoms with Crippen molar-refractivity contribution in [2.75, 3.05) is 13.2 Å². The van der Waals surface area contributed by atoms with Gasteiger partial charge in [0.1, 0.15) is 5.75 Å². The molecule has 1 aliphatic heterocycles. The average Bonchev–Trinajstić information content (AvgIpc) is 3.25. The predicted molar refractivity (Wildman–Crippen MR) is 94.9 cm³/mol. The van der Waals surface area contributed by atoms with Crippen LogP contribution in [0, 0.1) is 0 Å². The number of nitrogens with zero attached hydrogens (tertiary/aromatic N) is 1. The second-order valence-corrected chi connectivity index (χ2v) is 6.96. The van der Waals surface area contributed by atoms with Gasteiger partial charge in [0.05, 0.1) is 22.4 Å². The Balaban J connectivity index is 1.79. The molecular weight excluding hydrogens is 322 g/mol. The second kappa shape index (κ2) is 7.18. The van der Waals surface area contributed by atoms with Crippen molar-refractivity contribution in [2.24, 2.45) is 0 Å². The zero-order chi connectivity index (χ0) is 17.1. The first-order chi connectivity index (χ1) is 11.6. The first-order valence-electron chi connectivity index (χ1n) is 8.24. The summed E-state index contributed by atoms with van der Waals surface area (Å²) in [6.07, 6.45) is 1.96. The monoisotopic (exact) mass is 343 g/mol. The van der Waals surface area contributed by atoms with Gasteiger partial charge in [-0.05, 0) is 56.5 Å². The number of Topliss-reactive ketones (excluding diaryl/α,β-unsaturated/α-hetero) is 1. The molecule has 1 aliphatic rings. The third kappa shape index (κ3) is 3.36. The number of carbonyl (C=O) groups is 2. The lowest BCUT2D eigenvalue weighted by Crippen LogP contribution is -2.29. The summed E-state index contributed by atoms with van der Waals surface area (Å²) in [6, 6.07) is 11.6. The van der Waals surface area contributed by atoms with Crippen LogP contribution in [0.15, 0.2) is 36.4 Å². The van der Waals surface area contributed by atoms with Crippen molar-refractivity contribution in [3.05, 3.63) is 51.7 Å². The van der Waals surface area contributed by atoms with Gasteiger partial charge in [-0.15, -0.1) is 11.3 Å². The van der Waals surface area contributed by atoms with Gasteiger partial charge in [-0.3, -0.25) is 9.59 Å². The minimum Gasteiger partial charge on any atom is -0.494 e. The van der Waals surface area contributed by atoms with E-state index in [0.717, 1.165) is 30.7 Å². The summed E-state index contributed by atoms with van der Waals surface area (Å²) in [5.41, 5.74) is 1.13. The highest BCUT2D eigenvalue weighted by molar-refractivity contribution is 7.15. The van der Waals surface area contributed by atoms with Crippen LogP contribution in [0.25, 0.3) is 0 Å². The molecule has 126 valence electrons. The summed E-state index contributed by atoms with van der Waals surface area (Å²) in [5.74, 6) is 0.869. The van der Waals surface area contributed by atoms with Crippen LogP contribution in [0.4, 0.5) is 0 Å². The number of carbonyl (C=O) groups excluding carboxylic acids is 2. The maximum Gasteiger partial charge on any atom is 0.264 e. The number of rotatable bonds is 5. The Morgan fingerprint density at radius 1 is 1.17 bits per heavy atom. The van der Waals surface area contributed by atoms with Crippen LogP contribution in [0.5, 0.6) is 5.75 Å². The Bertz CT molecular complexity index is 735. The van der Waals surface area contributed by atoms with Gasteiger partial charge < -0.3 is 9.64 Å². The molecule has 24 heavy (non-hydrogen) atoms. The molecule has 1 amide bonds.